The summed E-state index contributed by atoms with van der Waals surface area (Å²) in [6.45, 7) is 0.382. The van der Waals surface area contributed by atoms with Gasteiger partial charge in [0.1, 0.15) is 9.88 Å². The lowest BCUT2D eigenvalue weighted by Crippen LogP contribution is -2.23. The predicted octanol–water partition coefficient (Wildman–Crippen LogP) is 4.40. The Balaban J connectivity index is 1.69. The summed E-state index contributed by atoms with van der Waals surface area (Å²) in [5.41, 5.74) is 1.88. The van der Waals surface area contributed by atoms with Crippen molar-refractivity contribution in [3.05, 3.63) is 52.7 Å². The van der Waals surface area contributed by atoms with E-state index in [4.69, 9.17) is 9.47 Å². The molecule has 0 saturated carbocycles. The maximum absolute atomic E-state index is 12.7. The molecule has 0 atom stereocenters. The maximum Gasteiger partial charge on any atom is 0.422 e. The van der Waals surface area contributed by atoms with E-state index < -0.39 is 12.8 Å². The van der Waals surface area contributed by atoms with Gasteiger partial charge in [0.15, 0.2) is 18.1 Å². The normalized spacial score (nSPS) is 11.2. The zero-order chi connectivity index (χ0) is 23.3. The fraction of sp³-hybridized carbons (Fsp3) is 0.286. The van der Waals surface area contributed by atoms with E-state index >= 15 is 0 Å². The molecule has 170 valence electrons. The van der Waals surface area contributed by atoms with Gasteiger partial charge in [-0.2, -0.15) is 13.2 Å². The molecule has 11 heteroatoms. The van der Waals surface area contributed by atoms with Crippen LogP contribution in [0.3, 0.4) is 0 Å². The molecule has 0 aliphatic heterocycles. The number of ether oxygens (including phenoxy) is 3. The molecule has 0 unspecified atom stereocenters. The number of halogens is 3. The molecule has 1 N–H and O–H groups in total. The van der Waals surface area contributed by atoms with Crippen molar-refractivity contribution in [1.82, 2.24) is 15.3 Å². The van der Waals surface area contributed by atoms with Gasteiger partial charge in [0, 0.05) is 24.4 Å². The van der Waals surface area contributed by atoms with E-state index in [1.807, 2.05) is 6.07 Å². The molecule has 3 rings (SSSR count). The third-order valence-electron chi connectivity index (χ3n) is 4.27. The SMILES string of the molecule is COc1ccc(-c2nc(C)c(C(=O)NCc3ccnc(OCC(F)(F)F)c3)s2)cc1OC. The topological polar surface area (TPSA) is 82.6 Å². The van der Waals surface area contributed by atoms with Crippen molar-refractivity contribution in [3.63, 3.8) is 0 Å². The van der Waals surface area contributed by atoms with Crippen molar-refractivity contribution in [2.75, 3.05) is 20.8 Å². The van der Waals surface area contributed by atoms with Gasteiger partial charge in [-0.15, -0.1) is 11.3 Å². The zero-order valence-corrected chi connectivity index (χ0v) is 18.3. The van der Waals surface area contributed by atoms with Crippen molar-refractivity contribution >= 4 is 17.2 Å². The highest BCUT2D eigenvalue weighted by molar-refractivity contribution is 7.17. The number of aromatic nitrogens is 2. The molecule has 7 nitrogen and oxygen atoms in total. The highest BCUT2D eigenvalue weighted by Gasteiger charge is 2.28. The Morgan fingerprint density at radius 3 is 2.56 bits per heavy atom. The number of nitrogens with one attached hydrogen (secondary N) is 1. The number of hydrogen-bond donors (Lipinski definition) is 1. The molecule has 0 fully saturated rings. The summed E-state index contributed by atoms with van der Waals surface area (Å²) in [7, 11) is 3.08. The lowest BCUT2D eigenvalue weighted by atomic mass is 10.2. The fourth-order valence-corrected chi connectivity index (χ4v) is 3.74. The van der Waals surface area contributed by atoms with Crippen molar-refractivity contribution in [3.8, 4) is 28.0 Å². The minimum atomic E-state index is -4.46. The molecule has 2 aromatic heterocycles. The Morgan fingerprint density at radius 1 is 1.12 bits per heavy atom. The van der Waals surface area contributed by atoms with Gasteiger partial charge in [0.25, 0.3) is 5.91 Å². The number of pyridine rings is 1. The molecule has 1 amide bonds. The van der Waals surface area contributed by atoms with E-state index in [1.165, 1.54) is 30.7 Å². The summed E-state index contributed by atoms with van der Waals surface area (Å²) >= 11 is 1.22. The first-order valence-corrected chi connectivity index (χ1v) is 10.1. The first-order chi connectivity index (χ1) is 15.2. The van der Waals surface area contributed by atoms with Crippen molar-refractivity contribution < 1.29 is 32.2 Å². The number of thiazole rings is 1. The standard InChI is InChI=1S/C21H20F3N3O4S/c1-12-18(32-20(27-12)14-4-5-15(29-2)16(9-14)30-3)19(28)26-10-13-6-7-25-17(8-13)31-11-21(22,23)24/h4-9H,10-11H2,1-3H3,(H,26,28). The van der Waals surface area contributed by atoms with E-state index in [-0.39, 0.29) is 18.3 Å². The molecule has 1 aromatic carbocycles. The Hall–Kier alpha value is -3.34. The molecule has 0 aliphatic rings. The van der Waals surface area contributed by atoms with Crippen LogP contribution in [0.2, 0.25) is 0 Å². The van der Waals surface area contributed by atoms with Crippen LogP contribution in [0, 0.1) is 6.92 Å². The molecule has 0 radical (unpaired) electrons. The number of carbonyl (C=O) groups excluding carboxylic acids is 1. The minimum Gasteiger partial charge on any atom is -0.493 e. The Kier molecular flexibility index (Phi) is 7.18. The van der Waals surface area contributed by atoms with Crippen molar-refractivity contribution in [2.45, 2.75) is 19.6 Å². The number of methoxy groups -OCH3 is 2. The summed E-state index contributed by atoms with van der Waals surface area (Å²) in [5, 5.41) is 3.38. The predicted molar refractivity (Wildman–Crippen MR) is 112 cm³/mol. The van der Waals surface area contributed by atoms with Crippen LogP contribution in [0.25, 0.3) is 10.6 Å². The Labute approximate surface area is 186 Å². The Morgan fingerprint density at radius 2 is 1.88 bits per heavy atom. The number of rotatable bonds is 8. The van der Waals surface area contributed by atoms with Gasteiger partial charge in [0.2, 0.25) is 5.88 Å². The summed E-state index contributed by atoms with van der Waals surface area (Å²) in [5.74, 6) is 0.614. The third kappa shape index (κ3) is 5.88. The number of alkyl halides is 3. The lowest BCUT2D eigenvalue weighted by molar-refractivity contribution is -0.154. The van der Waals surface area contributed by atoms with Crippen LogP contribution in [-0.4, -0.2) is 42.9 Å². The van der Waals surface area contributed by atoms with Gasteiger partial charge in [-0.1, -0.05) is 0 Å². The molecule has 0 spiro atoms. The van der Waals surface area contributed by atoms with Crippen LogP contribution in [-0.2, 0) is 6.54 Å². The molecular formula is C21H20F3N3O4S. The zero-order valence-electron chi connectivity index (χ0n) is 17.4. The second kappa shape index (κ2) is 9.86. The third-order valence-corrected chi connectivity index (χ3v) is 5.47. The fourth-order valence-electron chi connectivity index (χ4n) is 2.76. The smallest absolute Gasteiger partial charge is 0.422 e. The molecule has 0 bridgehead atoms. The Bertz CT molecular complexity index is 1100. The van der Waals surface area contributed by atoms with Crippen molar-refractivity contribution in [1.29, 1.82) is 0 Å². The summed E-state index contributed by atoms with van der Waals surface area (Å²) < 4.78 is 52.1. The number of amides is 1. The van der Waals surface area contributed by atoms with Gasteiger partial charge >= 0.3 is 6.18 Å². The molecule has 32 heavy (non-hydrogen) atoms. The van der Waals surface area contributed by atoms with E-state index in [2.05, 4.69) is 20.0 Å². The first kappa shape index (κ1) is 23.3. The molecular weight excluding hydrogens is 447 g/mol. The van der Waals surface area contributed by atoms with Crippen LogP contribution in [0.1, 0.15) is 20.9 Å². The quantitative estimate of drug-likeness (QED) is 0.529. The van der Waals surface area contributed by atoms with Gasteiger partial charge < -0.3 is 19.5 Å². The average molecular weight is 467 g/mol. The number of nitrogens with zero attached hydrogens (tertiary/aromatic N) is 2. The number of hydrogen-bond acceptors (Lipinski definition) is 7. The van der Waals surface area contributed by atoms with E-state index in [9.17, 15) is 18.0 Å². The number of benzene rings is 1. The van der Waals surface area contributed by atoms with Gasteiger partial charge in [-0.05, 0) is 36.8 Å². The van der Waals surface area contributed by atoms with E-state index in [1.54, 1.807) is 32.2 Å². The van der Waals surface area contributed by atoms with Gasteiger partial charge in [-0.3, -0.25) is 4.79 Å². The highest BCUT2D eigenvalue weighted by atomic mass is 32.1. The largest absolute Gasteiger partial charge is 0.493 e. The van der Waals surface area contributed by atoms with Crippen LogP contribution < -0.4 is 19.5 Å². The second-order valence-electron chi connectivity index (χ2n) is 6.59. The summed E-state index contributed by atoms with van der Waals surface area (Å²) in [6, 6.07) is 8.28. The van der Waals surface area contributed by atoms with Crippen LogP contribution in [0.15, 0.2) is 36.5 Å². The lowest BCUT2D eigenvalue weighted by Gasteiger charge is -2.09. The van der Waals surface area contributed by atoms with Crippen LogP contribution in [0.5, 0.6) is 17.4 Å². The molecule has 3 aromatic rings. The molecule has 0 saturated heterocycles. The van der Waals surface area contributed by atoms with Gasteiger partial charge in [-0.25, -0.2) is 9.97 Å². The minimum absolute atomic E-state index is 0.0900. The monoisotopic (exact) mass is 467 g/mol. The second-order valence-corrected chi connectivity index (χ2v) is 7.59. The average Bonchev–Trinajstić information content (AvgIpc) is 3.17. The van der Waals surface area contributed by atoms with Crippen molar-refractivity contribution in [2.24, 2.45) is 0 Å². The van der Waals surface area contributed by atoms with Crippen LogP contribution in [0.4, 0.5) is 13.2 Å². The summed E-state index contributed by atoms with van der Waals surface area (Å²) in [4.78, 5) is 21.3. The van der Waals surface area contributed by atoms with Gasteiger partial charge in [0.05, 0.1) is 19.9 Å². The number of aryl methyl sites for hydroxylation is 1. The first-order valence-electron chi connectivity index (χ1n) is 9.32. The summed E-state index contributed by atoms with van der Waals surface area (Å²) in [6.07, 6.45) is -3.14. The van der Waals surface area contributed by atoms with E-state index in [0.29, 0.717) is 32.6 Å². The number of carbonyl (C=O) groups is 1. The molecule has 0 aliphatic carbocycles. The molecule has 2 heterocycles. The highest BCUT2D eigenvalue weighted by Crippen LogP contribution is 2.35. The maximum atomic E-state index is 12.7. The van der Waals surface area contributed by atoms with Crippen LogP contribution >= 0.6 is 11.3 Å². The van der Waals surface area contributed by atoms with E-state index in [0.717, 1.165) is 5.56 Å².